The Morgan fingerprint density at radius 3 is 2.70 bits per heavy atom. The number of carbonyl (C=O) groups excluding carboxylic acids is 1. The highest BCUT2D eigenvalue weighted by Crippen LogP contribution is 2.26. The molecule has 0 atom stereocenters. The van der Waals surface area contributed by atoms with Crippen LogP contribution >= 0.6 is 0 Å². The molecular formula is C16H24N2O2. The highest BCUT2D eigenvalue weighted by molar-refractivity contribution is 5.94. The second kappa shape index (κ2) is 6.37. The van der Waals surface area contributed by atoms with Crippen LogP contribution in [0.25, 0.3) is 0 Å². The lowest BCUT2D eigenvalue weighted by Crippen LogP contribution is -2.43. The summed E-state index contributed by atoms with van der Waals surface area (Å²) < 4.78 is 0. The summed E-state index contributed by atoms with van der Waals surface area (Å²) in [5.41, 5.74) is 1.38. The first-order valence-electron chi connectivity index (χ1n) is 7.32. The normalized spacial score (nSPS) is 18.8. The van der Waals surface area contributed by atoms with Gasteiger partial charge in [0.15, 0.2) is 0 Å². The Kier molecular flexibility index (Phi) is 4.78. The van der Waals surface area contributed by atoms with Gasteiger partial charge in [-0.2, -0.15) is 0 Å². The van der Waals surface area contributed by atoms with Crippen LogP contribution in [0.1, 0.15) is 42.1 Å². The van der Waals surface area contributed by atoms with Crippen molar-refractivity contribution >= 4 is 5.91 Å². The maximum atomic E-state index is 11.6. The molecule has 1 saturated heterocycles. The van der Waals surface area contributed by atoms with Crippen LogP contribution in [-0.4, -0.2) is 41.7 Å². The molecule has 0 bridgehead atoms. The monoisotopic (exact) mass is 276 g/mol. The average Bonchev–Trinajstić information content (AvgIpc) is 2.49. The first kappa shape index (κ1) is 15.0. The molecule has 1 amide bonds. The third-order valence-electron chi connectivity index (χ3n) is 4.27. The molecule has 1 aromatic carbocycles. The van der Waals surface area contributed by atoms with Gasteiger partial charge in [-0.05, 0) is 37.0 Å². The van der Waals surface area contributed by atoms with Crippen LogP contribution in [0.5, 0.6) is 0 Å². The fourth-order valence-corrected chi connectivity index (χ4v) is 2.69. The maximum Gasteiger partial charge on any atom is 0.251 e. The van der Waals surface area contributed by atoms with Gasteiger partial charge >= 0.3 is 0 Å². The molecule has 0 spiro atoms. The van der Waals surface area contributed by atoms with Gasteiger partial charge in [0, 0.05) is 32.2 Å². The summed E-state index contributed by atoms with van der Waals surface area (Å²) in [6.07, 6.45) is 2.49. The Bertz CT molecular complexity index is 465. The number of nitrogens with zero attached hydrogens (tertiary/aromatic N) is 1. The van der Waals surface area contributed by atoms with Gasteiger partial charge in [0.1, 0.15) is 0 Å². The highest BCUT2D eigenvalue weighted by Gasteiger charge is 2.30. The molecule has 2 N–H and O–H groups in total. The minimum absolute atomic E-state index is 0.0501. The molecule has 20 heavy (non-hydrogen) atoms. The summed E-state index contributed by atoms with van der Waals surface area (Å²) in [5, 5.41) is 12.9. The number of hydrogen-bond donors (Lipinski definition) is 2. The van der Waals surface area contributed by atoms with E-state index < -0.39 is 5.60 Å². The molecular weight excluding hydrogens is 252 g/mol. The topological polar surface area (TPSA) is 52.6 Å². The molecule has 1 fully saturated rings. The summed E-state index contributed by atoms with van der Waals surface area (Å²) >= 11 is 0. The minimum Gasteiger partial charge on any atom is -0.390 e. The summed E-state index contributed by atoms with van der Waals surface area (Å²) in [6.45, 7) is 4.70. The zero-order chi connectivity index (χ0) is 14.6. The Morgan fingerprint density at radius 1 is 1.40 bits per heavy atom. The SMILES string of the molecule is CCC1(O)CCN(Cc2cccc(C(=O)NC)c2)CC1. The fraction of sp³-hybridized carbons (Fsp3) is 0.562. The van der Waals surface area contributed by atoms with E-state index in [2.05, 4.69) is 10.2 Å². The van der Waals surface area contributed by atoms with Crippen LogP contribution in [0.15, 0.2) is 24.3 Å². The van der Waals surface area contributed by atoms with Gasteiger partial charge in [0.2, 0.25) is 0 Å². The van der Waals surface area contributed by atoms with Crippen LogP contribution in [0.4, 0.5) is 0 Å². The molecule has 0 radical (unpaired) electrons. The molecule has 2 rings (SSSR count). The van der Waals surface area contributed by atoms with Crippen LogP contribution in [-0.2, 0) is 6.54 Å². The molecule has 1 heterocycles. The van der Waals surface area contributed by atoms with Crippen molar-refractivity contribution in [2.24, 2.45) is 0 Å². The van der Waals surface area contributed by atoms with Gasteiger partial charge in [-0.3, -0.25) is 9.69 Å². The van der Waals surface area contributed by atoms with Gasteiger partial charge in [-0.25, -0.2) is 0 Å². The summed E-state index contributed by atoms with van der Waals surface area (Å²) in [7, 11) is 1.64. The smallest absolute Gasteiger partial charge is 0.251 e. The third kappa shape index (κ3) is 3.58. The number of likely N-dealkylation sites (tertiary alicyclic amines) is 1. The lowest BCUT2D eigenvalue weighted by Gasteiger charge is -2.37. The zero-order valence-corrected chi connectivity index (χ0v) is 12.4. The zero-order valence-electron chi connectivity index (χ0n) is 12.4. The number of carbonyl (C=O) groups is 1. The number of benzene rings is 1. The van der Waals surface area contributed by atoms with Gasteiger partial charge in [-0.15, -0.1) is 0 Å². The number of hydrogen-bond acceptors (Lipinski definition) is 3. The summed E-state index contributed by atoms with van der Waals surface area (Å²) in [6, 6.07) is 7.74. The molecule has 110 valence electrons. The van der Waals surface area contributed by atoms with Gasteiger partial charge in [-0.1, -0.05) is 19.1 Å². The Hall–Kier alpha value is -1.39. The average molecular weight is 276 g/mol. The third-order valence-corrected chi connectivity index (χ3v) is 4.27. The van der Waals surface area contributed by atoms with Crippen LogP contribution in [0, 0.1) is 0 Å². The molecule has 0 saturated carbocycles. The maximum absolute atomic E-state index is 11.6. The Labute approximate surface area is 120 Å². The number of rotatable bonds is 4. The molecule has 0 aliphatic carbocycles. The highest BCUT2D eigenvalue weighted by atomic mass is 16.3. The number of nitrogens with one attached hydrogen (secondary N) is 1. The molecule has 0 aromatic heterocycles. The standard InChI is InChI=1S/C16H24N2O2/c1-3-16(20)7-9-18(10-8-16)12-13-5-4-6-14(11-13)15(19)17-2/h4-6,11,20H,3,7-10,12H2,1-2H3,(H,17,19). The van der Waals surface area contributed by atoms with Crippen molar-refractivity contribution in [1.82, 2.24) is 10.2 Å². The number of piperidine rings is 1. The first-order chi connectivity index (χ1) is 9.56. The Balaban J connectivity index is 1.96. The van der Waals surface area contributed by atoms with E-state index >= 15 is 0 Å². The van der Waals surface area contributed by atoms with Crippen molar-refractivity contribution in [2.75, 3.05) is 20.1 Å². The van der Waals surface area contributed by atoms with Crippen molar-refractivity contribution in [3.05, 3.63) is 35.4 Å². The van der Waals surface area contributed by atoms with E-state index in [1.807, 2.05) is 31.2 Å². The summed E-state index contributed by atoms with van der Waals surface area (Å²) in [5.74, 6) is -0.0501. The lowest BCUT2D eigenvalue weighted by atomic mass is 9.89. The van der Waals surface area contributed by atoms with Crippen molar-refractivity contribution < 1.29 is 9.90 Å². The van der Waals surface area contributed by atoms with E-state index in [4.69, 9.17) is 0 Å². The molecule has 4 heteroatoms. The molecule has 0 unspecified atom stereocenters. The van der Waals surface area contributed by atoms with E-state index in [1.165, 1.54) is 0 Å². The quantitative estimate of drug-likeness (QED) is 0.881. The second-order valence-corrected chi connectivity index (χ2v) is 5.63. The van der Waals surface area contributed by atoms with E-state index in [0.29, 0.717) is 5.56 Å². The van der Waals surface area contributed by atoms with Crippen LogP contribution in [0.3, 0.4) is 0 Å². The van der Waals surface area contributed by atoms with E-state index in [1.54, 1.807) is 7.05 Å². The van der Waals surface area contributed by atoms with Gasteiger partial charge in [0.05, 0.1) is 5.60 Å². The van der Waals surface area contributed by atoms with Gasteiger partial charge < -0.3 is 10.4 Å². The molecule has 1 aromatic rings. The largest absolute Gasteiger partial charge is 0.390 e. The van der Waals surface area contributed by atoms with Crippen molar-refractivity contribution in [2.45, 2.75) is 38.3 Å². The second-order valence-electron chi connectivity index (χ2n) is 5.63. The van der Waals surface area contributed by atoms with Crippen molar-refractivity contribution in [3.8, 4) is 0 Å². The predicted molar refractivity (Wildman–Crippen MR) is 79.6 cm³/mol. The van der Waals surface area contributed by atoms with Crippen LogP contribution < -0.4 is 5.32 Å². The van der Waals surface area contributed by atoms with Crippen LogP contribution in [0.2, 0.25) is 0 Å². The summed E-state index contributed by atoms with van der Waals surface area (Å²) in [4.78, 5) is 14.0. The molecule has 1 aliphatic heterocycles. The minimum atomic E-state index is -0.472. The molecule has 4 nitrogen and oxygen atoms in total. The molecule has 1 aliphatic rings. The first-order valence-corrected chi connectivity index (χ1v) is 7.32. The van der Waals surface area contributed by atoms with E-state index in [-0.39, 0.29) is 5.91 Å². The van der Waals surface area contributed by atoms with E-state index in [9.17, 15) is 9.90 Å². The fourth-order valence-electron chi connectivity index (χ4n) is 2.69. The van der Waals surface area contributed by atoms with Gasteiger partial charge in [0.25, 0.3) is 5.91 Å². The van der Waals surface area contributed by atoms with Crippen molar-refractivity contribution in [1.29, 1.82) is 0 Å². The number of amides is 1. The Morgan fingerprint density at radius 2 is 2.10 bits per heavy atom. The number of aliphatic hydroxyl groups is 1. The lowest BCUT2D eigenvalue weighted by molar-refractivity contribution is -0.0256. The van der Waals surface area contributed by atoms with Crippen molar-refractivity contribution in [3.63, 3.8) is 0 Å². The van der Waals surface area contributed by atoms with E-state index in [0.717, 1.165) is 44.5 Å². The predicted octanol–water partition coefficient (Wildman–Crippen LogP) is 1.78.